The summed E-state index contributed by atoms with van der Waals surface area (Å²) in [5.74, 6) is 2.07. The summed E-state index contributed by atoms with van der Waals surface area (Å²) in [6.07, 6.45) is 8.31. The highest BCUT2D eigenvalue weighted by molar-refractivity contribution is 7.23. The molecule has 1 saturated heterocycles. The number of thiophene rings is 1. The third-order valence-electron chi connectivity index (χ3n) is 10.00. The summed E-state index contributed by atoms with van der Waals surface area (Å²) < 4.78 is 20.4. The number of hydrogen-bond donors (Lipinski definition) is 2. The number of aromatic amines is 1. The molecule has 1 amide bonds. The summed E-state index contributed by atoms with van der Waals surface area (Å²) in [6, 6.07) is 17.1. The van der Waals surface area contributed by atoms with Crippen molar-refractivity contribution in [3.05, 3.63) is 107 Å². The number of methoxy groups -OCH3 is 1. The molecule has 0 saturated carbocycles. The number of carbonyl (C=O) groups excluding carboxylic acids is 1. The van der Waals surface area contributed by atoms with Crippen LogP contribution in [0.3, 0.4) is 0 Å². The highest BCUT2D eigenvalue weighted by Crippen LogP contribution is 2.50. The SMILES string of the molecule is COc1cccc2c1CC[C@H]2Nc1nccc2cc(-c3c4c(nc(CCc5ccc(F)cc5)c3-c3ncn[nH]3)C3CCCN3C4=O)sc12. The number of halogens is 1. The van der Waals surface area contributed by atoms with Crippen molar-refractivity contribution in [2.75, 3.05) is 19.0 Å². The van der Waals surface area contributed by atoms with Crippen LogP contribution >= 0.6 is 11.3 Å². The number of nitrogens with one attached hydrogen (secondary N) is 2. The molecule has 4 aromatic heterocycles. The Labute approximate surface area is 280 Å². The maximum absolute atomic E-state index is 14.2. The Morgan fingerprint density at radius 3 is 2.79 bits per heavy atom. The Morgan fingerprint density at radius 1 is 1.06 bits per heavy atom. The van der Waals surface area contributed by atoms with Crippen molar-refractivity contribution in [2.45, 2.75) is 50.6 Å². The van der Waals surface area contributed by atoms with E-state index < -0.39 is 0 Å². The lowest BCUT2D eigenvalue weighted by Crippen LogP contribution is -2.22. The van der Waals surface area contributed by atoms with Crippen LogP contribution in [-0.4, -0.2) is 49.6 Å². The number of H-pyrrole nitrogens is 1. The molecule has 1 unspecified atom stereocenters. The minimum absolute atomic E-state index is 0.0197. The predicted octanol–water partition coefficient (Wildman–Crippen LogP) is 7.47. The van der Waals surface area contributed by atoms with Crippen molar-refractivity contribution >= 4 is 33.1 Å². The standard InChI is InChI=1S/C37H32FN7O2S/c1-47-28-6-2-4-23-24(28)12-14-25(23)43-36-34-21(15-16-39-36)18-29(48-34)31-30(35-40-19-41-44-35)26(13-9-20-7-10-22(38)11-8-20)42-33-27-5-3-17-45(27)37(46)32(31)33/h2,4,6-8,10-11,15-16,18-19,25,27H,3,5,9,12-14,17H2,1H3,(H,39,43)(H,40,41,44)/t25-,27?/m1/s1. The molecule has 11 heteroatoms. The van der Waals surface area contributed by atoms with Gasteiger partial charge in [-0.1, -0.05) is 24.3 Å². The van der Waals surface area contributed by atoms with E-state index in [-0.39, 0.29) is 23.8 Å². The van der Waals surface area contributed by atoms with Gasteiger partial charge in [-0.15, -0.1) is 11.3 Å². The van der Waals surface area contributed by atoms with E-state index in [0.717, 1.165) is 86.8 Å². The van der Waals surface area contributed by atoms with Gasteiger partial charge in [-0.25, -0.2) is 14.4 Å². The number of aryl methyl sites for hydroxylation is 2. The molecule has 1 fully saturated rings. The maximum Gasteiger partial charge on any atom is 0.257 e. The molecule has 2 N–H and O–H groups in total. The fourth-order valence-electron chi connectivity index (χ4n) is 7.79. The van der Waals surface area contributed by atoms with Crippen molar-refractivity contribution in [1.82, 2.24) is 30.0 Å². The molecule has 0 bridgehead atoms. The number of ether oxygens (including phenoxy) is 1. The van der Waals surface area contributed by atoms with Gasteiger partial charge in [-0.2, -0.15) is 5.10 Å². The summed E-state index contributed by atoms with van der Waals surface area (Å²) >= 11 is 1.63. The molecule has 0 radical (unpaired) electrons. The zero-order valence-electron chi connectivity index (χ0n) is 26.3. The van der Waals surface area contributed by atoms with E-state index in [9.17, 15) is 9.18 Å². The molecule has 9 nitrogen and oxygen atoms in total. The molecule has 3 aliphatic rings. The Morgan fingerprint density at radius 2 is 1.96 bits per heavy atom. The quantitative estimate of drug-likeness (QED) is 0.175. The van der Waals surface area contributed by atoms with Gasteiger partial charge >= 0.3 is 0 Å². The van der Waals surface area contributed by atoms with Gasteiger partial charge in [0.05, 0.1) is 40.8 Å². The molecule has 2 aromatic carbocycles. The van der Waals surface area contributed by atoms with Crippen molar-refractivity contribution < 1.29 is 13.9 Å². The van der Waals surface area contributed by atoms with Gasteiger partial charge in [-0.3, -0.25) is 14.9 Å². The van der Waals surface area contributed by atoms with Crippen LogP contribution < -0.4 is 10.1 Å². The van der Waals surface area contributed by atoms with E-state index in [0.29, 0.717) is 24.2 Å². The third-order valence-corrected chi connectivity index (χ3v) is 11.2. The number of benzene rings is 2. The third kappa shape index (κ3) is 4.67. The van der Waals surface area contributed by atoms with E-state index in [1.165, 1.54) is 29.6 Å². The average molecular weight is 658 g/mol. The lowest BCUT2D eigenvalue weighted by molar-refractivity contribution is 0.0776. The van der Waals surface area contributed by atoms with Crippen LogP contribution in [0, 0.1) is 5.82 Å². The van der Waals surface area contributed by atoms with Gasteiger partial charge in [0.15, 0.2) is 5.82 Å². The molecule has 1 aliphatic carbocycles. The lowest BCUT2D eigenvalue weighted by atomic mass is 9.92. The van der Waals surface area contributed by atoms with E-state index in [4.69, 9.17) is 14.7 Å². The van der Waals surface area contributed by atoms with Gasteiger partial charge in [0, 0.05) is 28.7 Å². The summed E-state index contributed by atoms with van der Waals surface area (Å²) in [5.41, 5.74) is 7.46. The van der Waals surface area contributed by atoms with Gasteiger partial charge < -0.3 is 15.0 Å². The highest BCUT2D eigenvalue weighted by atomic mass is 32.1. The van der Waals surface area contributed by atoms with Crippen molar-refractivity contribution in [1.29, 1.82) is 0 Å². The molecule has 48 heavy (non-hydrogen) atoms. The fraction of sp³-hybridized carbons (Fsp3) is 0.270. The van der Waals surface area contributed by atoms with Crippen LogP contribution in [0.5, 0.6) is 5.75 Å². The number of fused-ring (bicyclic) bond motifs is 5. The summed E-state index contributed by atoms with van der Waals surface area (Å²) in [7, 11) is 1.72. The Balaban J connectivity index is 1.19. The van der Waals surface area contributed by atoms with Crippen molar-refractivity contribution in [2.24, 2.45) is 0 Å². The molecule has 6 heterocycles. The number of amides is 1. The van der Waals surface area contributed by atoms with E-state index in [1.807, 2.05) is 41.4 Å². The molecular weight excluding hydrogens is 626 g/mol. The van der Waals surface area contributed by atoms with Crippen LogP contribution in [0.25, 0.3) is 31.9 Å². The van der Waals surface area contributed by atoms with Crippen molar-refractivity contribution in [3.63, 3.8) is 0 Å². The smallest absolute Gasteiger partial charge is 0.257 e. The largest absolute Gasteiger partial charge is 0.496 e. The molecule has 2 aliphatic heterocycles. The molecule has 2 atom stereocenters. The topological polar surface area (TPSA) is 109 Å². The highest BCUT2D eigenvalue weighted by Gasteiger charge is 2.44. The number of nitrogens with zero attached hydrogens (tertiary/aromatic N) is 5. The lowest BCUT2D eigenvalue weighted by Gasteiger charge is -2.17. The first-order valence-electron chi connectivity index (χ1n) is 16.4. The van der Waals surface area contributed by atoms with E-state index >= 15 is 0 Å². The Bertz CT molecular complexity index is 2200. The fourth-order valence-corrected chi connectivity index (χ4v) is 8.95. The summed E-state index contributed by atoms with van der Waals surface area (Å²) in [4.78, 5) is 31.7. The molecule has 240 valence electrons. The van der Waals surface area contributed by atoms with Gasteiger partial charge in [0.1, 0.15) is 23.7 Å². The number of anilines is 1. The van der Waals surface area contributed by atoms with Crippen LogP contribution in [0.1, 0.15) is 69.8 Å². The van der Waals surface area contributed by atoms with Crippen LogP contribution in [0.2, 0.25) is 0 Å². The second-order valence-electron chi connectivity index (χ2n) is 12.6. The van der Waals surface area contributed by atoms with E-state index in [2.05, 4.69) is 32.6 Å². The number of hydrogen-bond acceptors (Lipinski definition) is 8. The Kier molecular flexibility index (Phi) is 6.96. The zero-order chi connectivity index (χ0) is 32.4. The normalized spacial score (nSPS) is 18.0. The minimum atomic E-state index is -0.260. The second kappa shape index (κ2) is 11.5. The second-order valence-corrected chi connectivity index (χ2v) is 13.7. The predicted molar refractivity (Wildman–Crippen MR) is 183 cm³/mol. The molecule has 6 aromatic rings. The number of aromatic nitrogens is 5. The summed E-state index contributed by atoms with van der Waals surface area (Å²) in [5, 5.41) is 12.1. The van der Waals surface area contributed by atoms with Crippen molar-refractivity contribution in [3.8, 4) is 27.6 Å². The molecule has 9 rings (SSSR count). The van der Waals surface area contributed by atoms with Gasteiger partial charge in [-0.05, 0) is 90.9 Å². The Hall–Kier alpha value is -5.16. The monoisotopic (exact) mass is 657 g/mol. The number of carbonyl (C=O) groups is 1. The number of rotatable bonds is 8. The summed E-state index contributed by atoms with van der Waals surface area (Å²) in [6.45, 7) is 0.722. The van der Waals surface area contributed by atoms with Gasteiger partial charge in [0.25, 0.3) is 5.91 Å². The molecular formula is C37H32FN7O2S. The number of pyridine rings is 2. The van der Waals surface area contributed by atoms with Crippen LogP contribution in [0.15, 0.2) is 67.1 Å². The zero-order valence-corrected chi connectivity index (χ0v) is 27.1. The van der Waals surface area contributed by atoms with Crippen LogP contribution in [0.4, 0.5) is 10.2 Å². The first-order chi connectivity index (χ1) is 23.6. The first-order valence-corrected chi connectivity index (χ1v) is 17.2. The maximum atomic E-state index is 14.2. The minimum Gasteiger partial charge on any atom is -0.496 e. The van der Waals surface area contributed by atoms with Crippen LogP contribution in [-0.2, 0) is 19.3 Å². The van der Waals surface area contributed by atoms with Gasteiger partial charge in [0.2, 0.25) is 0 Å². The molecule has 0 spiro atoms. The first kappa shape index (κ1) is 29.0. The average Bonchev–Trinajstić information content (AvgIpc) is 3.95. The van der Waals surface area contributed by atoms with E-state index in [1.54, 1.807) is 18.4 Å².